The molecule has 0 saturated heterocycles. The van der Waals surface area contributed by atoms with E-state index in [-0.39, 0.29) is 0 Å². The van der Waals surface area contributed by atoms with Crippen LogP contribution in [0.3, 0.4) is 0 Å². The van der Waals surface area contributed by atoms with Crippen molar-refractivity contribution in [3.63, 3.8) is 0 Å². The lowest BCUT2D eigenvalue weighted by atomic mass is 10.2. The first-order valence-corrected chi connectivity index (χ1v) is 6.39. The topological polar surface area (TPSA) is 81.7 Å². The molecule has 1 aromatic carbocycles. The largest absolute Gasteiger partial charge is 0.381 e. The number of nitrogen functional groups attached to an aromatic ring is 1. The number of nitrogens with zero attached hydrogens (tertiary/aromatic N) is 4. The third kappa shape index (κ3) is 2.16. The molecule has 0 fully saturated rings. The standard InChI is InChI=1S/C14H16N6/c1-9-10(8-17-20(9)2)7-16-14-13(15)18-11-5-3-4-6-12(11)19-14/h3-6,8H,7H2,1-2H3,(H2,15,18)(H,16,19). The molecule has 0 atom stereocenters. The van der Waals surface area contributed by atoms with Crippen molar-refractivity contribution in [2.45, 2.75) is 13.5 Å². The number of aromatic nitrogens is 4. The number of rotatable bonds is 3. The summed E-state index contributed by atoms with van der Waals surface area (Å²) in [5, 5.41) is 7.43. The Balaban J connectivity index is 1.87. The van der Waals surface area contributed by atoms with Gasteiger partial charge in [-0.3, -0.25) is 4.68 Å². The molecule has 0 unspecified atom stereocenters. The Morgan fingerprint density at radius 2 is 1.90 bits per heavy atom. The van der Waals surface area contributed by atoms with Gasteiger partial charge in [0.15, 0.2) is 11.6 Å². The van der Waals surface area contributed by atoms with Crippen LogP contribution in [0.1, 0.15) is 11.3 Å². The van der Waals surface area contributed by atoms with E-state index in [1.807, 2.05) is 49.1 Å². The molecule has 0 amide bonds. The molecular weight excluding hydrogens is 252 g/mol. The van der Waals surface area contributed by atoms with Crippen molar-refractivity contribution in [1.29, 1.82) is 0 Å². The van der Waals surface area contributed by atoms with Crippen LogP contribution < -0.4 is 11.1 Å². The fourth-order valence-corrected chi connectivity index (χ4v) is 2.04. The van der Waals surface area contributed by atoms with Gasteiger partial charge in [0.1, 0.15) is 0 Å². The van der Waals surface area contributed by atoms with E-state index in [2.05, 4.69) is 20.4 Å². The molecule has 102 valence electrons. The first-order valence-electron chi connectivity index (χ1n) is 6.39. The molecule has 3 aromatic rings. The van der Waals surface area contributed by atoms with Gasteiger partial charge in [-0.15, -0.1) is 0 Å². The number of para-hydroxylation sites is 2. The molecule has 0 aliphatic heterocycles. The first kappa shape index (κ1) is 12.4. The number of anilines is 2. The molecule has 3 rings (SSSR count). The highest BCUT2D eigenvalue weighted by Crippen LogP contribution is 2.19. The molecule has 0 bridgehead atoms. The van der Waals surface area contributed by atoms with Gasteiger partial charge in [0.2, 0.25) is 0 Å². The predicted octanol–water partition coefficient (Wildman–Crippen LogP) is 1.87. The van der Waals surface area contributed by atoms with E-state index in [0.29, 0.717) is 18.2 Å². The average molecular weight is 268 g/mol. The van der Waals surface area contributed by atoms with Crippen molar-refractivity contribution in [3.8, 4) is 0 Å². The summed E-state index contributed by atoms with van der Waals surface area (Å²) in [7, 11) is 1.92. The van der Waals surface area contributed by atoms with Gasteiger partial charge in [0, 0.05) is 24.8 Å². The third-order valence-corrected chi connectivity index (χ3v) is 3.38. The van der Waals surface area contributed by atoms with E-state index in [1.165, 1.54) is 0 Å². The van der Waals surface area contributed by atoms with E-state index >= 15 is 0 Å². The van der Waals surface area contributed by atoms with Gasteiger partial charge < -0.3 is 11.1 Å². The summed E-state index contributed by atoms with van der Waals surface area (Å²) in [4.78, 5) is 8.85. The second kappa shape index (κ2) is 4.80. The number of benzene rings is 1. The molecule has 0 aliphatic carbocycles. The molecule has 2 aromatic heterocycles. The second-order valence-corrected chi connectivity index (χ2v) is 4.68. The van der Waals surface area contributed by atoms with Crippen molar-refractivity contribution in [2.75, 3.05) is 11.1 Å². The maximum absolute atomic E-state index is 5.94. The minimum atomic E-state index is 0.408. The lowest BCUT2D eigenvalue weighted by Crippen LogP contribution is -2.07. The van der Waals surface area contributed by atoms with Crippen LogP contribution in [-0.2, 0) is 13.6 Å². The van der Waals surface area contributed by atoms with E-state index in [0.717, 1.165) is 22.3 Å². The van der Waals surface area contributed by atoms with E-state index in [9.17, 15) is 0 Å². The summed E-state index contributed by atoms with van der Waals surface area (Å²) < 4.78 is 1.84. The molecular formula is C14H16N6. The van der Waals surface area contributed by atoms with Gasteiger partial charge in [-0.25, -0.2) is 9.97 Å². The van der Waals surface area contributed by atoms with Crippen LogP contribution in [0.15, 0.2) is 30.5 Å². The van der Waals surface area contributed by atoms with Gasteiger partial charge in [-0.05, 0) is 19.1 Å². The van der Waals surface area contributed by atoms with Crippen LogP contribution in [0.5, 0.6) is 0 Å². The normalized spacial score (nSPS) is 10.9. The zero-order valence-electron chi connectivity index (χ0n) is 11.5. The highest BCUT2D eigenvalue weighted by Gasteiger charge is 2.07. The van der Waals surface area contributed by atoms with Gasteiger partial charge in [-0.1, -0.05) is 12.1 Å². The van der Waals surface area contributed by atoms with Crippen LogP contribution in [-0.4, -0.2) is 19.7 Å². The Bertz CT molecular complexity index is 761. The maximum atomic E-state index is 5.94. The zero-order valence-corrected chi connectivity index (χ0v) is 11.5. The Morgan fingerprint density at radius 3 is 2.55 bits per heavy atom. The molecule has 20 heavy (non-hydrogen) atoms. The fourth-order valence-electron chi connectivity index (χ4n) is 2.04. The van der Waals surface area contributed by atoms with Crippen LogP contribution in [0.2, 0.25) is 0 Å². The van der Waals surface area contributed by atoms with Gasteiger partial charge in [-0.2, -0.15) is 5.10 Å². The Kier molecular flexibility index (Phi) is 2.98. The monoisotopic (exact) mass is 268 g/mol. The Hall–Kier alpha value is -2.63. The minimum absolute atomic E-state index is 0.408. The summed E-state index contributed by atoms with van der Waals surface area (Å²) in [5.74, 6) is 1.01. The fraction of sp³-hybridized carbons (Fsp3) is 0.214. The van der Waals surface area contributed by atoms with Crippen molar-refractivity contribution < 1.29 is 0 Å². The number of aryl methyl sites for hydroxylation is 1. The number of fused-ring (bicyclic) bond motifs is 1. The Labute approximate surface area is 116 Å². The quantitative estimate of drug-likeness (QED) is 0.757. The number of nitrogens with one attached hydrogen (secondary N) is 1. The highest BCUT2D eigenvalue weighted by molar-refractivity contribution is 5.79. The van der Waals surface area contributed by atoms with Crippen LogP contribution in [0.4, 0.5) is 11.6 Å². The van der Waals surface area contributed by atoms with E-state index in [1.54, 1.807) is 0 Å². The van der Waals surface area contributed by atoms with Crippen LogP contribution in [0.25, 0.3) is 11.0 Å². The van der Waals surface area contributed by atoms with E-state index in [4.69, 9.17) is 5.73 Å². The van der Waals surface area contributed by atoms with Gasteiger partial charge in [0.05, 0.1) is 17.2 Å². The summed E-state index contributed by atoms with van der Waals surface area (Å²) in [6.45, 7) is 2.65. The molecule has 2 heterocycles. The first-order chi connectivity index (χ1) is 9.65. The van der Waals surface area contributed by atoms with Crippen molar-refractivity contribution in [2.24, 2.45) is 7.05 Å². The summed E-state index contributed by atoms with van der Waals surface area (Å²) >= 11 is 0. The number of nitrogens with two attached hydrogens (primary N) is 1. The lowest BCUT2D eigenvalue weighted by Gasteiger charge is -2.08. The molecule has 0 saturated carbocycles. The van der Waals surface area contributed by atoms with Crippen LogP contribution >= 0.6 is 0 Å². The second-order valence-electron chi connectivity index (χ2n) is 4.68. The lowest BCUT2D eigenvalue weighted by molar-refractivity contribution is 0.738. The molecule has 6 nitrogen and oxygen atoms in total. The average Bonchev–Trinajstić information content (AvgIpc) is 2.76. The molecule has 3 N–H and O–H groups in total. The maximum Gasteiger partial charge on any atom is 0.169 e. The third-order valence-electron chi connectivity index (χ3n) is 3.38. The molecule has 0 aliphatic rings. The van der Waals surface area contributed by atoms with Crippen molar-refractivity contribution >= 4 is 22.7 Å². The SMILES string of the molecule is Cc1c(CNc2nc3ccccc3nc2N)cnn1C. The highest BCUT2D eigenvalue weighted by atomic mass is 15.3. The molecule has 6 heteroatoms. The summed E-state index contributed by atoms with van der Waals surface area (Å²) in [6, 6.07) is 7.67. The smallest absolute Gasteiger partial charge is 0.169 e. The number of hydrogen-bond acceptors (Lipinski definition) is 5. The molecule has 0 radical (unpaired) electrons. The van der Waals surface area contributed by atoms with Crippen molar-refractivity contribution in [1.82, 2.24) is 19.7 Å². The van der Waals surface area contributed by atoms with Gasteiger partial charge >= 0.3 is 0 Å². The Morgan fingerprint density at radius 1 is 1.20 bits per heavy atom. The van der Waals surface area contributed by atoms with Crippen LogP contribution in [0, 0.1) is 6.92 Å². The van der Waals surface area contributed by atoms with Gasteiger partial charge in [0.25, 0.3) is 0 Å². The number of hydrogen-bond donors (Lipinski definition) is 2. The molecule has 0 spiro atoms. The minimum Gasteiger partial charge on any atom is -0.381 e. The summed E-state index contributed by atoms with van der Waals surface area (Å²) in [6.07, 6.45) is 1.84. The zero-order chi connectivity index (χ0) is 14.1. The van der Waals surface area contributed by atoms with Crippen molar-refractivity contribution in [3.05, 3.63) is 41.7 Å². The summed E-state index contributed by atoms with van der Waals surface area (Å²) in [5.41, 5.74) is 9.79. The van der Waals surface area contributed by atoms with E-state index < -0.39 is 0 Å². The predicted molar refractivity (Wildman–Crippen MR) is 79.2 cm³/mol.